The number of nitrogens with zero attached hydrogens (tertiary/aromatic N) is 5. The summed E-state index contributed by atoms with van der Waals surface area (Å²) in [6.45, 7) is 1.55. The molecule has 11 nitrogen and oxygen atoms in total. The number of aromatic nitrogens is 4. The van der Waals surface area contributed by atoms with Gasteiger partial charge in [0, 0.05) is 56.1 Å². The highest BCUT2D eigenvalue weighted by Crippen LogP contribution is 2.41. The number of aryl methyl sites for hydroxylation is 1. The van der Waals surface area contributed by atoms with Gasteiger partial charge in [0.15, 0.2) is 0 Å². The molecule has 2 aliphatic rings. The Labute approximate surface area is 262 Å². The second-order valence-corrected chi connectivity index (χ2v) is 11.6. The number of aliphatic hydroxyl groups excluding tert-OH is 1. The van der Waals surface area contributed by atoms with Gasteiger partial charge in [0.05, 0.1) is 30.8 Å². The number of benzene rings is 1. The van der Waals surface area contributed by atoms with Crippen molar-refractivity contribution in [2.45, 2.75) is 25.4 Å². The molecule has 1 aliphatic heterocycles. The summed E-state index contributed by atoms with van der Waals surface area (Å²) >= 11 is 0. The lowest BCUT2D eigenvalue weighted by atomic mass is 10.0. The van der Waals surface area contributed by atoms with Gasteiger partial charge in [-0.2, -0.15) is 0 Å². The first-order valence-electron chi connectivity index (χ1n) is 15.1. The van der Waals surface area contributed by atoms with Crippen LogP contribution in [0.15, 0.2) is 76.8 Å². The summed E-state index contributed by atoms with van der Waals surface area (Å²) in [5, 5.41) is 14.0. The first-order chi connectivity index (χ1) is 22.3. The Morgan fingerprint density at radius 3 is 2.59 bits per heavy atom. The largest absolute Gasteiger partial charge is 0.392 e. The van der Waals surface area contributed by atoms with Crippen LogP contribution >= 0.6 is 0 Å². The van der Waals surface area contributed by atoms with Crippen LogP contribution in [-0.4, -0.2) is 61.3 Å². The van der Waals surface area contributed by atoms with Crippen LogP contribution in [0.2, 0.25) is 0 Å². The van der Waals surface area contributed by atoms with Gasteiger partial charge in [-0.15, -0.1) is 0 Å². The van der Waals surface area contributed by atoms with E-state index in [1.165, 1.54) is 27.6 Å². The minimum Gasteiger partial charge on any atom is -0.392 e. The lowest BCUT2D eigenvalue weighted by Crippen LogP contribution is -2.40. The van der Waals surface area contributed by atoms with Gasteiger partial charge in [0.1, 0.15) is 23.1 Å². The number of carbonyl (C=O) groups excluding carboxylic acids is 1. The van der Waals surface area contributed by atoms with Gasteiger partial charge in [0.25, 0.3) is 17.0 Å². The van der Waals surface area contributed by atoms with Crippen molar-refractivity contribution in [2.24, 2.45) is 7.05 Å². The van der Waals surface area contributed by atoms with E-state index in [4.69, 9.17) is 4.74 Å². The normalized spacial score (nSPS) is 14.9. The van der Waals surface area contributed by atoms with Crippen LogP contribution in [-0.2, 0) is 18.4 Å². The maximum Gasteiger partial charge on any atom is 0.274 e. The van der Waals surface area contributed by atoms with E-state index < -0.39 is 18.0 Å². The zero-order chi connectivity index (χ0) is 31.9. The zero-order valence-corrected chi connectivity index (χ0v) is 25.1. The summed E-state index contributed by atoms with van der Waals surface area (Å²) in [5.74, 6) is 0.132. The number of morpholine rings is 1. The van der Waals surface area contributed by atoms with Crippen molar-refractivity contribution in [1.82, 2.24) is 24.0 Å². The number of ether oxygens (including phenoxy) is 1. The predicted octanol–water partition coefficient (Wildman–Crippen LogP) is 3.87. The van der Waals surface area contributed by atoms with E-state index in [1.54, 1.807) is 54.7 Å². The molecule has 46 heavy (non-hydrogen) atoms. The highest BCUT2D eigenvalue weighted by atomic mass is 19.1. The minimum absolute atomic E-state index is 0.0400. The van der Waals surface area contributed by atoms with Gasteiger partial charge in [-0.25, -0.2) is 14.4 Å². The third kappa shape index (κ3) is 5.46. The molecular weight excluding hydrogens is 591 g/mol. The average molecular weight is 623 g/mol. The molecule has 1 saturated carbocycles. The quantitative estimate of drug-likeness (QED) is 0.280. The maximum absolute atomic E-state index is 15.2. The number of carbonyl (C=O) groups is 1. The third-order valence-electron chi connectivity index (χ3n) is 8.51. The summed E-state index contributed by atoms with van der Waals surface area (Å²) in [5.41, 5.74) is 2.04. The maximum atomic E-state index is 15.2. The Hall–Kier alpha value is -5.20. The van der Waals surface area contributed by atoms with Crippen molar-refractivity contribution in [3.8, 4) is 16.9 Å². The minimum atomic E-state index is -0.582. The smallest absolute Gasteiger partial charge is 0.274 e. The van der Waals surface area contributed by atoms with Gasteiger partial charge in [-0.3, -0.25) is 19.0 Å². The van der Waals surface area contributed by atoms with Crippen molar-refractivity contribution in [2.75, 3.05) is 31.6 Å². The first kappa shape index (κ1) is 29.5. The van der Waals surface area contributed by atoms with E-state index in [9.17, 15) is 19.5 Å². The summed E-state index contributed by atoms with van der Waals surface area (Å²) in [4.78, 5) is 49.9. The van der Waals surface area contributed by atoms with E-state index in [-0.39, 0.29) is 28.4 Å². The highest BCUT2D eigenvalue weighted by molar-refractivity contribution is 5.94. The summed E-state index contributed by atoms with van der Waals surface area (Å²) in [6.07, 6.45) is 8.14. The molecule has 1 aliphatic carbocycles. The molecule has 2 fully saturated rings. The molecule has 0 atom stereocenters. The number of nitrogens with one attached hydrogen (secondary N) is 1. The Bertz CT molecular complexity index is 2100. The SMILES string of the molecule is Cn1cc(-c2ccnc(-n3ccc4cc(C5CC5)cc(F)c4c3=O)c2CO)cc(Nc2ccc(C(=O)N3CCOCC3)cn2)c1=O. The fourth-order valence-electron chi connectivity index (χ4n) is 5.91. The summed E-state index contributed by atoms with van der Waals surface area (Å²) < 4.78 is 23.2. The number of hydrogen-bond donors (Lipinski definition) is 2. The molecule has 0 unspecified atom stereocenters. The van der Waals surface area contributed by atoms with E-state index in [0.29, 0.717) is 65.7 Å². The second-order valence-electron chi connectivity index (χ2n) is 11.6. The number of aliphatic hydroxyl groups is 1. The molecule has 2 N–H and O–H groups in total. The predicted molar refractivity (Wildman–Crippen MR) is 170 cm³/mol. The van der Waals surface area contributed by atoms with Crippen LogP contribution in [0, 0.1) is 5.82 Å². The van der Waals surface area contributed by atoms with Gasteiger partial charge in [-0.1, -0.05) is 6.07 Å². The molecule has 0 spiro atoms. The first-order valence-corrected chi connectivity index (χ1v) is 15.1. The van der Waals surface area contributed by atoms with Crippen molar-refractivity contribution in [1.29, 1.82) is 0 Å². The van der Waals surface area contributed by atoms with Gasteiger partial charge in [0.2, 0.25) is 0 Å². The molecule has 1 saturated heterocycles. The monoisotopic (exact) mass is 622 g/mol. The zero-order valence-electron chi connectivity index (χ0n) is 25.1. The third-order valence-corrected chi connectivity index (χ3v) is 8.51. The molecule has 0 bridgehead atoms. The molecule has 12 heteroatoms. The number of pyridine rings is 4. The summed E-state index contributed by atoms with van der Waals surface area (Å²) in [7, 11) is 1.60. The van der Waals surface area contributed by atoms with Gasteiger partial charge < -0.3 is 24.6 Å². The van der Waals surface area contributed by atoms with Gasteiger partial charge >= 0.3 is 0 Å². The molecule has 234 valence electrons. The number of halogens is 1. The van der Waals surface area contributed by atoms with Crippen molar-refractivity contribution in [3.05, 3.63) is 110 Å². The molecular formula is C34H31FN6O5. The number of anilines is 2. The van der Waals surface area contributed by atoms with Crippen LogP contribution in [0.25, 0.3) is 27.7 Å². The lowest BCUT2D eigenvalue weighted by Gasteiger charge is -2.26. The second kappa shape index (κ2) is 12.0. The van der Waals surface area contributed by atoms with Gasteiger partial charge in [-0.05, 0) is 71.7 Å². The van der Waals surface area contributed by atoms with Crippen LogP contribution in [0.3, 0.4) is 0 Å². The molecule has 1 aromatic carbocycles. The van der Waals surface area contributed by atoms with Crippen LogP contribution in [0.4, 0.5) is 15.9 Å². The highest BCUT2D eigenvalue weighted by Gasteiger charge is 2.26. The molecule has 0 radical (unpaired) electrons. The van der Waals surface area contributed by atoms with E-state index >= 15 is 4.39 Å². The Balaban J connectivity index is 1.22. The molecule has 5 heterocycles. The van der Waals surface area contributed by atoms with E-state index in [1.807, 2.05) is 6.07 Å². The fourth-order valence-corrected chi connectivity index (χ4v) is 5.91. The molecule has 7 rings (SSSR count). The van der Waals surface area contributed by atoms with Crippen LogP contribution in [0.5, 0.6) is 0 Å². The van der Waals surface area contributed by atoms with Crippen molar-refractivity contribution >= 4 is 28.2 Å². The Kier molecular flexibility index (Phi) is 7.67. The average Bonchev–Trinajstić information content (AvgIpc) is 3.93. The molecule has 1 amide bonds. The van der Waals surface area contributed by atoms with Crippen molar-refractivity contribution < 1.29 is 19.0 Å². The Morgan fingerprint density at radius 1 is 1.07 bits per heavy atom. The van der Waals surface area contributed by atoms with Crippen LogP contribution in [0.1, 0.15) is 40.2 Å². The standard InChI is InChI=1S/C34H31FN6O5/c1-39-18-24(16-28(33(39)44)38-29-5-4-22(17-37-29)32(43)40-10-12-46-13-11-40)25-6-8-36-31(26(25)19-42)41-9-7-21-14-23(20-2-3-20)15-27(35)30(21)34(41)45/h4-9,14-18,20,42H,2-3,10-13,19H2,1H3,(H,37,38). The number of fused-ring (bicyclic) bond motifs is 1. The topological polar surface area (TPSA) is 132 Å². The fraction of sp³-hybridized carbons (Fsp3) is 0.265. The summed E-state index contributed by atoms with van der Waals surface area (Å²) in [6, 6.07) is 11.6. The molecule has 5 aromatic rings. The van der Waals surface area contributed by atoms with E-state index in [2.05, 4.69) is 15.3 Å². The van der Waals surface area contributed by atoms with Crippen molar-refractivity contribution in [3.63, 3.8) is 0 Å². The number of hydrogen-bond acceptors (Lipinski definition) is 8. The lowest BCUT2D eigenvalue weighted by molar-refractivity contribution is 0.0302. The van der Waals surface area contributed by atoms with Crippen LogP contribution < -0.4 is 16.4 Å². The van der Waals surface area contributed by atoms with E-state index in [0.717, 1.165) is 18.4 Å². The Morgan fingerprint density at radius 2 is 1.87 bits per heavy atom. The number of amides is 1. The molecule has 4 aromatic heterocycles. The number of rotatable bonds is 7.